The third-order valence-corrected chi connectivity index (χ3v) is 2.83. The second-order valence-electron chi connectivity index (χ2n) is 3.93. The molecule has 1 N–H and O–H groups in total. The molecule has 0 aromatic heterocycles. The van der Waals surface area contributed by atoms with E-state index in [1.54, 1.807) is 0 Å². The van der Waals surface area contributed by atoms with Crippen molar-refractivity contribution in [2.75, 3.05) is 18.0 Å². The van der Waals surface area contributed by atoms with Gasteiger partial charge in [0.25, 0.3) is 0 Å². The quantitative estimate of drug-likeness (QED) is 0.825. The van der Waals surface area contributed by atoms with Crippen molar-refractivity contribution in [1.82, 2.24) is 0 Å². The first-order valence-electron chi connectivity index (χ1n) is 5.87. The van der Waals surface area contributed by atoms with E-state index >= 15 is 0 Å². The number of benzene rings is 1. The molecule has 0 amide bonds. The number of hydrogen-bond acceptors (Lipinski definition) is 2. The van der Waals surface area contributed by atoms with Gasteiger partial charge in [-0.15, -0.1) is 0 Å². The zero-order valence-corrected chi connectivity index (χ0v) is 10.8. The van der Waals surface area contributed by atoms with E-state index in [1.165, 1.54) is 0 Å². The van der Waals surface area contributed by atoms with Gasteiger partial charge in [0.2, 0.25) is 0 Å². The number of anilines is 1. The molecular weight excluding hydrogens is 222 g/mol. The molecule has 3 heteroatoms. The monoisotopic (exact) mass is 241 g/mol. The summed E-state index contributed by atoms with van der Waals surface area (Å²) in [5, 5.41) is 9.76. The maximum Gasteiger partial charge on any atom is 0.0682 e. The molecule has 0 atom stereocenters. The highest BCUT2D eigenvalue weighted by atomic mass is 35.5. The highest BCUT2D eigenvalue weighted by molar-refractivity contribution is 6.33. The molecule has 16 heavy (non-hydrogen) atoms. The van der Waals surface area contributed by atoms with Gasteiger partial charge < -0.3 is 10.0 Å². The molecule has 0 aliphatic rings. The molecule has 0 bridgehead atoms. The van der Waals surface area contributed by atoms with Crippen LogP contribution in [0.2, 0.25) is 5.02 Å². The average molecular weight is 242 g/mol. The summed E-state index contributed by atoms with van der Waals surface area (Å²) >= 11 is 6.22. The number of halogens is 1. The second-order valence-corrected chi connectivity index (χ2v) is 4.34. The van der Waals surface area contributed by atoms with Crippen LogP contribution in [-0.4, -0.2) is 18.2 Å². The first-order chi connectivity index (χ1) is 7.72. The summed E-state index contributed by atoms with van der Waals surface area (Å²) in [6, 6.07) is 5.77. The molecule has 0 unspecified atom stereocenters. The van der Waals surface area contributed by atoms with Gasteiger partial charge in [0.15, 0.2) is 0 Å². The van der Waals surface area contributed by atoms with Gasteiger partial charge in [-0.1, -0.05) is 31.5 Å². The van der Waals surface area contributed by atoms with Crippen molar-refractivity contribution >= 4 is 17.3 Å². The summed E-state index contributed by atoms with van der Waals surface area (Å²) in [6.45, 7) is 6.41. The molecule has 0 aliphatic carbocycles. The molecular formula is C13H20ClNO. The molecule has 0 saturated heterocycles. The number of rotatable bonds is 6. The van der Waals surface area contributed by atoms with Gasteiger partial charge in [0, 0.05) is 13.1 Å². The highest BCUT2D eigenvalue weighted by Crippen LogP contribution is 2.27. The summed E-state index contributed by atoms with van der Waals surface area (Å²) in [4.78, 5) is 2.30. The van der Waals surface area contributed by atoms with E-state index < -0.39 is 0 Å². The minimum Gasteiger partial charge on any atom is -0.392 e. The lowest BCUT2D eigenvalue weighted by molar-refractivity contribution is 0.282. The molecule has 0 saturated carbocycles. The average Bonchev–Trinajstić information content (AvgIpc) is 2.29. The van der Waals surface area contributed by atoms with Crippen molar-refractivity contribution in [2.24, 2.45) is 0 Å². The van der Waals surface area contributed by atoms with Crippen molar-refractivity contribution in [3.05, 3.63) is 28.8 Å². The molecule has 0 aliphatic heterocycles. The lowest BCUT2D eigenvalue weighted by Gasteiger charge is -2.25. The molecule has 2 nitrogen and oxygen atoms in total. The van der Waals surface area contributed by atoms with Crippen molar-refractivity contribution < 1.29 is 5.11 Å². The molecule has 1 aromatic carbocycles. The normalized spacial score (nSPS) is 10.5. The Labute approximate surface area is 103 Å². The van der Waals surface area contributed by atoms with Gasteiger partial charge in [0.05, 0.1) is 17.3 Å². The summed E-state index contributed by atoms with van der Waals surface area (Å²) < 4.78 is 0. The van der Waals surface area contributed by atoms with Crippen LogP contribution in [0.15, 0.2) is 18.2 Å². The minimum atomic E-state index is 0.0432. The lowest BCUT2D eigenvalue weighted by Crippen LogP contribution is -2.25. The van der Waals surface area contributed by atoms with Gasteiger partial charge in [-0.2, -0.15) is 0 Å². The van der Waals surface area contributed by atoms with Crippen LogP contribution < -0.4 is 4.90 Å². The minimum absolute atomic E-state index is 0.0432. The Morgan fingerprint density at radius 1 is 1.19 bits per heavy atom. The molecule has 1 rings (SSSR count). The van der Waals surface area contributed by atoms with E-state index in [0.29, 0.717) is 0 Å². The lowest BCUT2D eigenvalue weighted by atomic mass is 10.2. The number of aliphatic hydroxyl groups is 1. The fraction of sp³-hybridized carbons (Fsp3) is 0.538. The third kappa shape index (κ3) is 3.39. The van der Waals surface area contributed by atoms with Crippen molar-refractivity contribution in [3.63, 3.8) is 0 Å². The molecule has 90 valence electrons. The third-order valence-electron chi connectivity index (χ3n) is 2.52. The Morgan fingerprint density at radius 2 is 1.81 bits per heavy atom. The van der Waals surface area contributed by atoms with E-state index in [1.807, 2.05) is 18.2 Å². The van der Waals surface area contributed by atoms with Gasteiger partial charge >= 0.3 is 0 Å². The van der Waals surface area contributed by atoms with Crippen LogP contribution in [0.4, 0.5) is 5.69 Å². The fourth-order valence-corrected chi connectivity index (χ4v) is 2.12. The fourth-order valence-electron chi connectivity index (χ4n) is 1.80. The summed E-state index contributed by atoms with van der Waals surface area (Å²) in [7, 11) is 0. The molecule has 0 radical (unpaired) electrons. The van der Waals surface area contributed by atoms with E-state index in [-0.39, 0.29) is 6.61 Å². The molecule has 0 fully saturated rings. The zero-order chi connectivity index (χ0) is 12.0. The first-order valence-corrected chi connectivity index (χ1v) is 6.25. The Hall–Kier alpha value is -0.730. The largest absolute Gasteiger partial charge is 0.392 e. The topological polar surface area (TPSA) is 23.5 Å². The van der Waals surface area contributed by atoms with Crippen LogP contribution in [-0.2, 0) is 6.61 Å². The summed E-state index contributed by atoms with van der Waals surface area (Å²) in [6.07, 6.45) is 2.22. The Balaban J connectivity index is 2.90. The smallest absolute Gasteiger partial charge is 0.0682 e. The molecule has 1 aromatic rings. The standard InChI is InChI=1S/C13H20ClNO/c1-3-7-15(8-4-2)13-6-5-11(10-16)9-12(13)14/h5-6,9,16H,3-4,7-8,10H2,1-2H3. The summed E-state index contributed by atoms with van der Waals surface area (Å²) in [5.41, 5.74) is 1.93. The second kappa shape index (κ2) is 6.77. The van der Waals surface area contributed by atoms with Gasteiger partial charge in [-0.3, -0.25) is 0 Å². The highest BCUT2D eigenvalue weighted by Gasteiger charge is 2.09. The van der Waals surface area contributed by atoms with Crippen LogP contribution in [0.1, 0.15) is 32.3 Å². The number of aliphatic hydroxyl groups excluding tert-OH is 1. The van der Waals surface area contributed by atoms with Crippen LogP contribution in [0.5, 0.6) is 0 Å². The van der Waals surface area contributed by atoms with E-state index in [4.69, 9.17) is 16.7 Å². The van der Waals surface area contributed by atoms with Crippen LogP contribution in [0.3, 0.4) is 0 Å². The zero-order valence-electron chi connectivity index (χ0n) is 10.0. The van der Waals surface area contributed by atoms with E-state index in [2.05, 4.69) is 18.7 Å². The SMILES string of the molecule is CCCN(CCC)c1ccc(CO)cc1Cl. The maximum atomic E-state index is 9.03. The predicted molar refractivity (Wildman–Crippen MR) is 70.2 cm³/mol. The van der Waals surface area contributed by atoms with Crippen molar-refractivity contribution in [3.8, 4) is 0 Å². The van der Waals surface area contributed by atoms with Gasteiger partial charge in [-0.25, -0.2) is 0 Å². The van der Waals surface area contributed by atoms with E-state index in [9.17, 15) is 0 Å². The van der Waals surface area contributed by atoms with Crippen LogP contribution in [0, 0.1) is 0 Å². The Bertz CT molecular complexity index is 322. The Morgan fingerprint density at radius 3 is 2.25 bits per heavy atom. The first kappa shape index (κ1) is 13.3. The van der Waals surface area contributed by atoms with Crippen molar-refractivity contribution in [1.29, 1.82) is 0 Å². The molecule has 0 heterocycles. The van der Waals surface area contributed by atoms with Crippen molar-refractivity contribution in [2.45, 2.75) is 33.3 Å². The summed E-state index contributed by atoms with van der Waals surface area (Å²) in [5.74, 6) is 0. The van der Waals surface area contributed by atoms with Crippen LogP contribution >= 0.6 is 11.6 Å². The number of nitrogens with zero attached hydrogens (tertiary/aromatic N) is 1. The van der Waals surface area contributed by atoms with Gasteiger partial charge in [0.1, 0.15) is 0 Å². The van der Waals surface area contributed by atoms with Crippen LogP contribution in [0.25, 0.3) is 0 Å². The van der Waals surface area contributed by atoms with E-state index in [0.717, 1.165) is 42.2 Å². The number of hydrogen-bond donors (Lipinski definition) is 1. The Kier molecular flexibility index (Phi) is 5.64. The predicted octanol–water partition coefficient (Wildman–Crippen LogP) is 3.46. The molecule has 0 spiro atoms. The maximum absolute atomic E-state index is 9.03. The van der Waals surface area contributed by atoms with Gasteiger partial charge in [-0.05, 0) is 30.5 Å².